The summed E-state index contributed by atoms with van der Waals surface area (Å²) in [5, 5.41) is 5.97. The van der Waals surface area contributed by atoms with Gasteiger partial charge in [0.05, 0.1) is 37.6 Å². The third-order valence-corrected chi connectivity index (χ3v) is 5.13. The lowest BCUT2D eigenvalue weighted by Crippen LogP contribution is -2.41. The highest BCUT2D eigenvalue weighted by Gasteiger charge is 2.26. The fraction of sp³-hybridized carbons (Fsp3) is 0.381. The van der Waals surface area contributed by atoms with Crippen LogP contribution in [0.5, 0.6) is 0 Å². The van der Waals surface area contributed by atoms with Gasteiger partial charge >= 0.3 is 0 Å². The number of amides is 2. The summed E-state index contributed by atoms with van der Waals surface area (Å²) in [6, 6.07) is 11.5. The average molecular weight is 395 g/mol. The predicted octanol–water partition coefficient (Wildman–Crippen LogP) is 1.10. The van der Waals surface area contributed by atoms with E-state index >= 15 is 0 Å². The predicted molar refractivity (Wildman–Crippen MR) is 110 cm³/mol. The number of carbonyl (C=O) groups is 2. The summed E-state index contributed by atoms with van der Waals surface area (Å²) in [7, 11) is 0. The van der Waals surface area contributed by atoms with Crippen LogP contribution in [-0.2, 0) is 16.1 Å². The number of aromatic nitrogens is 1. The summed E-state index contributed by atoms with van der Waals surface area (Å²) < 4.78 is 5.34. The van der Waals surface area contributed by atoms with Gasteiger partial charge in [0, 0.05) is 32.4 Å². The van der Waals surface area contributed by atoms with E-state index in [-0.39, 0.29) is 18.4 Å². The summed E-state index contributed by atoms with van der Waals surface area (Å²) in [6.07, 6.45) is 1.55. The summed E-state index contributed by atoms with van der Waals surface area (Å²) >= 11 is 0. The first-order valence-electron chi connectivity index (χ1n) is 9.87. The number of morpholine rings is 1. The lowest BCUT2D eigenvalue weighted by molar-refractivity contribution is -0.117. The van der Waals surface area contributed by atoms with Gasteiger partial charge in [-0.15, -0.1) is 0 Å². The molecule has 2 aromatic rings. The number of fused-ring (bicyclic) bond motifs is 1. The maximum absolute atomic E-state index is 12.6. The van der Waals surface area contributed by atoms with Gasteiger partial charge in [-0.25, -0.2) is 4.98 Å². The monoisotopic (exact) mass is 395 g/mol. The zero-order valence-electron chi connectivity index (χ0n) is 16.3. The van der Waals surface area contributed by atoms with Crippen molar-refractivity contribution in [2.45, 2.75) is 6.54 Å². The molecule has 8 nitrogen and oxygen atoms in total. The molecule has 0 unspecified atom stereocenters. The van der Waals surface area contributed by atoms with Gasteiger partial charge in [-0.2, -0.15) is 0 Å². The molecular weight excluding hydrogens is 370 g/mol. The number of anilines is 2. The van der Waals surface area contributed by atoms with Crippen molar-refractivity contribution in [3.63, 3.8) is 0 Å². The third-order valence-electron chi connectivity index (χ3n) is 5.13. The standard InChI is InChI=1S/C21H25N5O3/c27-19-14-24-20-18(26(19)15-16-4-2-1-3-5-16)12-17(13-23-20)21(28)22-6-7-25-8-10-29-11-9-25/h1-5,12-13H,6-11,14-15H2,(H,22,28)(H,23,24). The van der Waals surface area contributed by atoms with E-state index < -0.39 is 0 Å². The van der Waals surface area contributed by atoms with E-state index in [1.807, 2.05) is 30.3 Å². The Kier molecular flexibility index (Phi) is 6.02. The Bertz CT molecular complexity index is 868. The molecule has 1 fully saturated rings. The van der Waals surface area contributed by atoms with Crippen molar-refractivity contribution in [2.75, 3.05) is 56.2 Å². The van der Waals surface area contributed by atoms with Gasteiger partial charge in [-0.1, -0.05) is 30.3 Å². The minimum absolute atomic E-state index is 0.0481. The molecule has 1 saturated heterocycles. The first-order valence-corrected chi connectivity index (χ1v) is 9.87. The molecule has 0 radical (unpaired) electrons. The lowest BCUT2D eigenvalue weighted by atomic mass is 10.1. The van der Waals surface area contributed by atoms with Crippen LogP contribution in [-0.4, -0.2) is 67.6 Å². The second-order valence-corrected chi connectivity index (χ2v) is 7.12. The Morgan fingerprint density at radius 1 is 1.21 bits per heavy atom. The van der Waals surface area contributed by atoms with Crippen LogP contribution in [0.25, 0.3) is 0 Å². The fourth-order valence-electron chi connectivity index (χ4n) is 3.50. The maximum atomic E-state index is 12.6. The van der Waals surface area contributed by atoms with E-state index in [2.05, 4.69) is 20.5 Å². The molecule has 152 valence electrons. The van der Waals surface area contributed by atoms with Crippen LogP contribution >= 0.6 is 0 Å². The zero-order chi connectivity index (χ0) is 20.1. The van der Waals surface area contributed by atoms with E-state index in [9.17, 15) is 9.59 Å². The van der Waals surface area contributed by atoms with E-state index in [1.165, 1.54) is 0 Å². The van der Waals surface area contributed by atoms with Crippen LogP contribution in [0.1, 0.15) is 15.9 Å². The number of hydrogen-bond donors (Lipinski definition) is 2. The summed E-state index contributed by atoms with van der Waals surface area (Å²) in [5.74, 6) is 0.379. The molecule has 3 heterocycles. The molecule has 8 heteroatoms. The number of nitrogens with zero attached hydrogens (tertiary/aromatic N) is 3. The van der Waals surface area contributed by atoms with Crippen LogP contribution in [0.15, 0.2) is 42.6 Å². The van der Waals surface area contributed by atoms with Gasteiger partial charge in [-0.05, 0) is 11.6 Å². The van der Waals surface area contributed by atoms with Crippen molar-refractivity contribution >= 4 is 23.3 Å². The van der Waals surface area contributed by atoms with Gasteiger partial charge < -0.3 is 20.3 Å². The SMILES string of the molecule is O=C(NCCN1CCOCC1)c1cnc2c(c1)N(Cc1ccccc1)C(=O)CN2. The molecule has 2 N–H and O–H groups in total. The van der Waals surface area contributed by atoms with Crippen LogP contribution in [0.2, 0.25) is 0 Å². The molecule has 2 amide bonds. The molecule has 0 saturated carbocycles. The van der Waals surface area contributed by atoms with Crippen LogP contribution in [0.4, 0.5) is 11.5 Å². The van der Waals surface area contributed by atoms with Gasteiger partial charge in [-0.3, -0.25) is 14.5 Å². The van der Waals surface area contributed by atoms with E-state index in [4.69, 9.17) is 4.74 Å². The van der Waals surface area contributed by atoms with Gasteiger partial charge in [0.2, 0.25) is 5.91 Å². The number of ether oxygens (including phenoxy) is 1. The minimum atomic E-state index is -0.189. The topological polar surface area (TPSA) is 86.8 Å². The number of benzene rings is 1. The highest BCUT2D eigenvalue weighted by molar-refractivity contribution is 6.04. The Labute approximate surface area is 169 Å². The largest absolute Gasteiger partial charge is 0.379 e. The molecule has 1 aromatic heterocycles. The average Bonchev–Trinajstić information content (AvgIpc) is 2.77. The number of carbonyl (C=O) groups excluding carboxylic acids is 2. The van der Waals surface area contributed by atoms with Crippen molar-refractivity contribution in [1.82, 2.24) is 15.2 Å². The normalized spacial score (nSPS) is 16.8. The zero-order valence-corrected chi connectivity index (χ0v) is 16.3. The molecule has 2 aliphatic heterocycles. The van der Waals surface area contributed by atoms with Crippen LogP contribution in [0, 0.1) is 0 Å². The maximum Gasteiger partial charge on any atom is 0.252 e. The molecule has 0 aliphatic carbocycles. The lowest BCUT2D eigenvalue weighted by Gasteiger charge is -2.30. The van der Waals surface area contributed by atoms with Crippen LogP contribution in [0.3, 0.4) is 0 Å². The second-order valence-electron chi connectivity index (χ2n) is 7.12. The molecule has 1 aromatic carbocycles. The van der Waals surface area contributed by atoms with Crippen molar-refractivity contribution in [3.05, 3.63) is 53.7 Å². The molecule has 29 heavy (non-hydrogen) atoms. The smallest absolute Gasteiger partial charge is 0.252 e. The van der Waals surface area contributed by atoms with Gasteiger partial charge in [0.1, 0.15) is 0 Å². The van der Waals surface area contributed by atoms with Crippen molar-refractivity contribution < 1.29 is 14.3 Å². The minimum Gasteiger partial charge on any atom is -0.379 e. The van der Waals surface area contributed by atoms with E-state index in [0.717, 1.165) is 38.4 Å². The first-order chi connectivity index (χ1) is 14.2. The third kappa shape index (κ3) is 4.72. The number of hydrogen-bond acceptors (Lipinski definition) is 6. The number of rotatable bonds is 6. The number of nitrogens with one attached hydrogen (secondary N) is 2. The molecule has 2 aliphatic rings. The molecule has 0 atom stereocenters. The Balaban J connectivity index is 1.44. The van der Waals surface area contributed by atoms with Crippen molar-refractivity contribution in [3.8, 4) is 0 Å². The summed E-state index contributed by atoms with van der Waals surface area (Å²) in [4.78, 5) is 33.4. The molecule has 0 bridgehead atoms. The van der Waals surface area contributed by atoms with Crippen molar-refractivity contribution in [1.29, 1.82) is 0 Å². The summed E-state index contributed by atoms with van der Waals surface area (Å²) in [5.41, 5.74) is 2.10. The molecular formula is C21H25N5O3. The summed E-state index contributed by atoms with van der Waals surface area (Å²) in [6.45, 7) is 5.23. The highest BCUT2D eigenvalue weighted by atomic mass is 16.5. The first kappa shape index (κ1) is 19.4. The van der Waals surface area contributed by atoms with E-state index in [0.29, 0.717) is 30.2 Å². The molecule has 0 spiro atoms. The second kappa shape index (κ2) is 9.02. The van der Waals surface area contributed by atoms with Gasteiger partial charge in [0.25, 0.3) is 5.91 Å². The van der Waals surface area contributed by atoms with Crippen LogP contribution < -0.4 is 15.5 Å². The highest BCUT2D eigenvalue weighted by Crippen LogP contribution is 2.29. The Hall–Kier alpha value is -2.97. The van der Waals surface area contributed by atoms with E-state index in [1.54, 1.807) is 17.2 Å². The fourth-order valence-corrected chi connectivity index (χ4v) is 3.50. The molecule has 4 rings (SSSR count). The quantitative estimate of drug-likeness (QED) is 0.762. The van der Waals surface area contributed by atoms with Crippen molar-refractivity contribution in [2.24, 2.45) is 0 Å². The Morgan fingerprint density at radius 3 is 2.79 bits per heavy atom. The number of pyridine rings is 1. The Morgan fingerprint density at radius 2 is 2.00 bits per heavy atom. The van der Waals surface area contributed by atoms with Gasteiger partial charge in [0.15, 0.2) is 5.82 Å².